The topological polar surface area (TPSA) is 20.3 Å². The van der Waals surface area contributed by atoms with Gasteiger partial charge in [0.1, 0.15) is 23.2 Å². The van der Waals surface area contributed by atoms with Crippen molar-refractivity contribution in [3.63, 3.8) is 0 Å². The normalized spacial score (nSPS) is 16.6. The molecular weight excluding hydrogens is 417 g/mol. The summed E-state index contributed by atoms with van der Waals surface area (Å²) in [6.07, 6.45) is 0.886. The van der Waals surface area contributed by atoms with Crippen LogP contribution in [0.25, 0.3) is 0 Å². The van der Waals surface area contributed by atoms with E-state index >= 15 is 0 Å². The molecule has 154 valence electrons. The molecule has 31 heavy (non-hydrogen) atoms. The number of nitrogens with zero attached hydrogens (tertiary/aromatic N) is 1. The second-order valence-electron chi connectivity index (χ2n) is 7.87. The number of benzene rings is 3. The van der Waals surface area contributed by atoms with E-state index in [1.165, 1.54) is 20.8 Å². The minimum atomic E-state index is -2.17. The largest absolute Gasteiger partial charge is 0.334 e. The summed E-state index contributed by atoms with van der Waals surface area (Å²) in [5.41, 5.74) is -0.0420. The number of hydrogen-bond acceptors (Lipinski definition) is 2. The Morgan fingerprint density at radius 2 is 1.26 bits per heavy atom. The Kier molecular flexibility index (Phi) is 5.72. The summed E-state index contributed by atoms with van der Waals surface area (Å²) >= 11 is 1.72. The van der Waals surface area contributed by atoms with Crippen LogP contribution in [0.4, 0.5) is 0 Å². The van der Waals surface area contributed by atoms with Crippen molar-refractivity contribution in [2.45, 2.75) is 18.6 Å². The van der Waals surface area contributed by atoms with Crippen LogP contribution >= 0.6 is 18.6 Å². The zero-order valence-electron chi connectivity index (χ0n) is 17.3. The van der Waals surface area contributed by atoms with Crippen LogP contribution in [0.3, 0.4) is 0 Å². The van der Waals surface area contributed by atoms with Crippen molar-refractivity contribution in [3.05, 3.63) is 113 Å². The van der Waals surface area contributed by atoms with E-state index in [4.69, 9.17) is 0 Å². The minimum absolute atomic E-state index is 0.0420. The van der Waals surface area contributed by atoms with E-state index < -0.39 is 7.26 Å². The van der Waals surface area contributed by atoms with Gasteiger partial charge in [0.2, 0.25) is 0 Å². The number of hydrogen-bond donors (Lipinski definition) is 0. The van der Waals surface area contributed by atoms with E-state index in [-0.39, 0.29) is 5.66 Å². The highest BCUT2D eigenvalue weighted by atomic mass is 32.1. The molecule has 1 atom stereocenters. The Morgan fingerprint density at radius 3 is 1.71 bits per heavy atom. The van der Waals surface area contributed by atoms with Gasteiger partial charge in [0.05, 0.1) is 6.54 Å². The monoisotopic (exact) mass is 442 g/mol. The summed E-state index contributed by atoms with van der Waals surface area (Å²) in [5.74, 6) is 0.290. The van der Waals surface area contributed by atoms with E-state index in [0.717, 1.165) is 13.0 Å². The fourth-order valence-electron chi connectivity index (χ4n) is 4.81. The van der Waals surface area contributed by atoms with Crippen LogP contribution in [0.1, 0.15) is 11.3 Å². The fraction of sp³-hybridized carbons (Fsp3) is 0.148. The average Bonchev–Trinajstić information content (AvgIpc) is 3.48. The molecule has 1 amide bonds. The third-order valence-corrected chi connectivity index (χ3v) is 11.8. The quantitative estimate of drug-likeness (QED) is 0.391. The van der Waals surface area contributed by atoms with E-state index in [2.05, 4.69) is 113 Å². The molecule has 1 aromatic heterocycles. The summed E-state index contributed by atoms with van der Waals surface area (Å²) in [4.78, 5) is 17.3. The van der Waals surface area contributed by atoms with E-state index in [9.17, 15) is 4.79 Å². The molecule has 1 fully saturated rings. The molecule has 5 rings (SSSR count). The summed E-state index contributed by atoms with van der Waals surface area (Å²) in [6, 6.07) is 36.4. The summed E-state index contributed by atoms with van der Waals surface area (Å²) < 4.78 is 0. The third-order valence-electron chi connectivity index (χ3n) is 6.15. The van der Waals surface area contributed by atoms with Crippen molar-refractivity contribution < 1.29 is 4.79 Å². The van der Waals surface area contributed by atoms with Crippen LogP contribution in [0, 0.1) is 0 Å². The number of thiophene rings is 1. The van der Waals surface area contributed by atoms with E-state index in [1.807, 2.05) is 0 Å². The maximum absolute atomic E-state index is 14.0. The molecule has 1 aliphatic heterocycles. The number of rotatable bonds is 6. The number of amides is 1. The maximum Gasteiger partial charge on any atom is 0.264 e. The zero-order chi connectivity index (χ0) is 21.1. The first-order valence-corrected chi connectivity index (χ1v) is 13.4. The zero-order valence-corrected chi connectivity index (χ0v) is 19.0. The molecule has 0 spiro atoms. The number of likely N-dealkylation sites (tertiary alicyclic amines) is 1. The molecule has 4 aromatic rings. The van der Waals surface area contributed by atoms with Crippen LogP contribution < -0.4 is 15.9 Å². The predicted molar refractivity (Wildman–Crippen MR) is 133 cm³/mol. The first-order valence-electron chi connectivity index (χ1n) is 10.7. The van der Waals surface area contributed by atoms with Crippen LogP contribution in [0.15, 0.2) is 109 Å². The lowest BCUT2D eigenvalue weighted by Crippen LogP contribution is -2.42. The van der Waals surface area contributed by atoms with Crippen molar-refractivity contribution in [1.29, 1.82) is 0 Å². The molecule has 0 aliphatic carbocycles. The van der Waals surface area contributed by atoms with Crippen LogP contribution in [-0.2, 0) is 11.3 Å². The molecule has 0 saturated carbocycles. The molecule has 4 heteroatoms. The van der Waals surface area contributed by atoms with Gasteiger partial charge >= 0.3 is 0 Å². The SMILES string of the molecule is O=C1C([P+](c2ccccc2)(c2ccccc2)c2ccccc2)CCN1Cc1cccs1. The minimum Gasteiger partial charge on any atom is -0.334 e. The predicted octanol–water partition coefficient (Wildman–Crippen LogP) is 4.84. The van der Waals surface area contributed by atoms with Crippen molar-refractivity contribution in [2.75, 3.05) is 6.54 Å². The average molecular weight is 443 g/mol. The van der Waals surface area contributed by atoms with E-state index in [0.29, 0.717) is 12.5 Å². The van der Waals surface area contributed by atoms with Crippen molar-refractivity contribution in [1.82, 2.24) is 4.90 Å². The summed E-state index contributed by atoms with van der Waals surface area (Å²) in [7, 11) is -2.17. The molecule has 1 aliphatic rings. The highest BCUT2D eigenvalue weighted by Crippen LogP contribution is 2.62. The smallest absolute Gasteiger partial charge is 0.264 e. The Morgan fingerprint density at radius 1 is 0.742 bits per heavy atom. The van der Waals surface area contributed by atoms with Gasteiger partial charge in [-0.3, -0.25) is 4.79 Å². The number of carbonyl (C=O) groups excluding carboxylic acids is 1. The highest BCUT2D eigenvalue weighted by Gasteiger charge is 2.58. The highest BCUT2D eigenvalue weighted by molar-refractivity contribution is 7.96. The molecule has 0 N–H and O–H groups in total. The van der Waals surface area contributed by atoms with Crippen LogP contribution in [-0.4, -0.2) is 23.0 Å². The molecule has 2 heterocycles. The van der Waals surface area contributed by atoms with Crippen molar-refractivity contribution >= 4 is 40.4 Å². The van der Waals surface area contributed by atoms with Gasteiger partial charge in [-0.05, 0) is 47.8 Å². The molecule has 0 bridgehead atoms. The lowest BCUT2D eigenvalue weighted by Gasteiger charge is -2.31. The van der Waals surface area contributed by atoms with Crippen molar-refractivity contribution in [3.8, 4) is 0 Å². The third kappa shape index (κ3) is 3.63. The lowest BCUT2D eigenvalue weighted by molar-refractivity contribution is -0.127. The molecule has 1 saturated heterocycles. The molecule has 3 aromatic carbocycles. The van der Waals surface area contributed by atoms with E-state index in [1.54, 1.807) is 11.3 Å². The second kappa shape index (κ2) is 8.78. The fourth-order valence-corrected chi connectivity index (χ4v) is 10.4. The van der Waals surface area contributed by atoms with Crippen LogP contribution in [0.2, 0.25) is 0 Å². The molecular formula is C27H25NOPS+. The molecule has 2 nitrogen and oxygen atoms in total. The summed E-state index contributed by atoms with van der Waals surface area (Å²) in [5, 5.41) is 5.93. The Bertz CT molecular complexity index is 1030. The van der Waals surface area contributed by atoms with Gasteiger partial charge in [-0.2, -0.15) is 0 Å². The van der Waals surface area contributed by atoms with Gasteiger partial charge < -0.3 is 4.90 Å². The number of carbonyl (C=O) groups is 1. The first-order chi connectivity index (χ1) is 15.3. The molecule has 1 unspecified atom stereocenters. The Hall–Kier alpha value is -2.74. The second-order valence-corrected chi connectivity index (χ2v) is 12.5. The molecule has 0 radical (unpaired) electrons. The first kappa shape index (κ1) is 20.2. The van der Waals surface area contributed by atoms with Crippen LogP contribution in [0.5, 0.6) is 0 Å². The Balaban J connectivity index is 1.68. The van der Waals surface area contributed by atoms with Gasteiger partial charge in [-0.25, -0.2) is 0 Å². The maximum atomic E-state index is 14.0. The van der Waals surface area contributed by atoms with Gasteiger partial charge in [0.15, 0.2) is 5.66 Å². The standard InChI is InChI=1S/C27H25NOPS/c29-27-26(18-19-28(27)21-25-17-10-20-31-25)30(22-11-4-1-5-12-22,23-13-6-2-7-14-23)24-15-8-3-9-16-24/h1-17,20,26H,18-19,21H2/q+1. The van der Waals surface area contributed by atoms with Gasteiger partial charge in [-0.1, -0.05) is 60.7 Å². The summed E-state index contributed by atoms with van der Waals surface area (Å²) in [6.45, 7) is 1.53. The Labute approximate surface area is 188 Å². The lowest BCUT2D eigenvalue weighted by atomic mass is 10.3. The van der Waals surface area contributed by atoms with Gasteiger partial charge in [0, 0.05) is 17.8 Å². The van der Waals surface area contributed by atoms with Crippen molar-refractivity contribution in [2.24, 2.45) is 0 Å². The van der Waals surface area contributed by atoms with Gasteiger partial charge in [0.25, 0.3) is 5.91 Å². The van der Waals surface area contributed by atoms with Gasteiger partial charge in [-0.15, -0.1) is 11.3 Å².